The van der Waals surface area contributed by atoms with Gasteiger partial charge in [-0.15, -0.1) is 48.0 Å². The first-order valence-electron chi connectivity index (χ1n) is 25.5. The van der Waals surface area contributed by atoms with Crippen LogP contribution in [0.1, 0.15) is 95.9 Å². The van der Waals surface area contributed by atoms with Crippen molar-refractivity contribution in [1.29, 1.82) is 0 Å². The molecule has 4 nitrogen and oxygen atoms in total. The number of imidazole rings is 1. The van der Waals surface area contributed by atoms with E-state index in [1.54, 1.807) is 6.07 Å². The van der Waals surface area contributed by atoms with Crippen LogP contribution >= 0.6 is 0 Å². The van der Waals surface area contributed by atoms with Crippen molar-refractivity contribution in [1.82, 2.24) is 14.5 Å². The van der Waals surface area contributed by atoms with Crippen molar-refractivity contribution in [2.75, 3.05) is 0 Å². The number of para-hydroxylation sites is 2. The molecule has 8 aromatic carbocycles. The van der Waals surface area contributed by atoms with Crippen LogP contribution in [-0.2, 0) is 30.9 Å². The first-order chi connectivity index (χ1) is 34.4. The van der Waals surface area contributed by atoms with Gasteiger partial charge in [0.15, 0.2) is 0 Å². The molecule has 3 aromatic heterocycles. The maximum absolute atomic E-state index is 12.8. The molecule has 1 radical (unpaired) electrons. The Bertz CT molecular complexity index is 3870. The molecule has 3 heterocycles. The molecule has 1 aliphatic rings. The number of benzene rings is 8. The molecule has 0 aliphatic heterocycles. The van der Waals surface area contributed by atoms with Gasteiger partial charge in [-0.3, -0.25) is 9.37 Å². The summed E-state index contributed by atoms with van der Waals surface area (Å²) in [5, 5.41) is 8.76. The zero-order valence-corrected chi connectivity index (χ0v) is 47.2. The Morgan fingerprint density at radius 1 is 0.671 bits per heavy atom. The predicted molar refractivity (Wildman–Crippen MR) is 303 cm³/mol. The minimum atomic E-state index is -1.34. The summed E-state index contributed by atoms with van der Waals surface area (Å²) in [5.74, 6) is 1.12. The van der Waals surface area contributed by atoms with Crippen LogP contribution in [0.15, 0.2) is 156 Å². The summed E-state index contributed by atoms with van der Waals surface area (Å²) in [4.78, 5) is 9.72. The van der Waals surface area contributed by atoms with E-state index in [9.17, 15) is 4.39 Å². The van der Waals surface area contributed by atoms with E-state index < -0.39 is 8.07 Å². The average molecular weight is 1150 g/mol. The fourth-order valence-corrected chi connectivity index (χ4v) is 12.8. The van der Waals surface area contributed by atoms with Crippen LogP contribution in [-0.4, -0.2) is 22.6 Å². The number of nitrogens with zero attached hydrogens (tertiary/aromatic N) is 3. The molecule has 0 amide bonds. The molecule has 0 fully saturated rings. The Hall–Kier alpha value is -6.50. The number of hydrogen-bond donors (Lipinski definition) is 0. The van der Waals surface area contributed by atoms with E-state index in [2.05, 4.69) is 218 Å². The van der Waals surface area contributed by atoms with Crippen molar-refractivity contribution < 1.29 is 28.9 Å². The summed E-state index contributed by atoms with van der Waals surface area (Å²) in [6.07, 6.45) is 2.93. The van der Waals surface area contributed by atoms with Crippen LogP contribution in [0.4, 0.5) is 4.39 Å². The van der Waals surface area contributed by atoms with Gasteiger partial charge in [0.25, 0.3) is 0 Å². The van der Waals surface area contributed by atoms with Crippen molar-refractivity contribution in [2.24, 2.45) is 0 Å². The van der Waals surface area contributed by atoms with Crippen LogP contribution in [0.5, 0.6) is 0 Å². The van der Waals surface area contributed by atoms with Gasteiger partial charge in [0, 0.05) is 43.2 Å². The van der Waals surface area contributed by atoms with Gasteiger partial charge in [-0.05, 0) is 138 Å². The third kappa shape index (κ3) is 8.87. The molecule has 369 valence electrons. The standard InChI is InChI=1S/C52H47N2O.C14H15FNSi.Ir/c1-30(2)38-24-33(32-16-10-9-11-17-32)25-39(31(3)4)48(38)54-45-23-13-12-22-44(45)53-50(54)37-20-14-19-36-41-26-34-27-43-47-35(40(34)28-46(41)55-49(36)37)18-15-21-42(47)51(5,6)29-52(43,7)8;1-17(2,3)13-8-9-16-14(10-13)11-4-6-12(15)7-5-11;/h9-19,21-28,30-31H,29H2,1-8H3;4,6-10H,1-3H3;/q2*-1;. The third-order valence-corrected chi connectivity index (χ3v) is 17.1. The van der Waals surface area contributed by atoms with Crippen molar-refractivity contribution in [3.05, 3.63) is 192 Å². The van der Waals surface area contributed by atoms with E-state index in [1.165, 1.54) is 77.9 Å². The Morgan fingerprint density at radius 3 is 2.08 bits per heavy atom. The van der Waals surface area contributed by atoms with Crippen LogP contribution in [0.25, 0.3) is 94.0 Å². The fraction of sp³-hybridized carbons (Fsp3) is 0.242. The molecule has 0 saturated heterocycles. The van der Waals surface area contributed by atoms with Crippen LogP contribution in [0, 0.1) is 17.9 Å². The number of fused-ring (bicyclic) bond motifs is 6. The van der Waals surface area contributed by atoms with E-state index in [4.69, 9.17) is 9.40 Å². The van der Waals surface area contributed by atoms with Gasteiger partial charge in [-0.1, -0.05) is 158 Å². The Balaban J connectivity index is 0.000000289. The number of aromatic nitrogens is 3. The summed E-state index contributed by atoms with van der Waals surface area (Å²) in [6.45, 7) is 25.7. The first kappa shape index (κ1) is 50.0. The van der Waals surface area contributed by atoms with Crippen LogP contribution in [0.2, 0.25) is 19.6 Å². The molecule has 7 heteroatoms. The smallest absolute Gasteiger partial charge is 0.121 e. The SMILES string of the molecule is CC(C)c1cc(-c2ccccc2)cc(C(C)C)c1-n1c(-c2[c-]ccc3c2oc2cc4c(cc5c6c(cccc64)C(C)(C)CC5(C)C)cc23)nc2ccccc21.C[Si](C)(C)c1ccnc(-c2[c-]cc(F)cc2)c1.[Ir]. The monoisotopic (exact) mass is 1150 g/mol. The number of rotatable bonds is 7. The van der Waals surface area contributed by atoms with Crippen molar-refractivity contribution in [3.8, 4) is 39.5 Å². The van der Waals surface area contributed by atoms with E-state index >= 15 is 0 Å². The Morgan fingerprint density at radius 2 is 1.38 bits per heavy atom. The Labute approximate surface area is 444 Å². The average Bonchev–Trinajstić information content (AvgIpc) is 3.93. The quantitative estimate of drug-likeness (QED) is 0.0907. The minimum absolute atomic E-state index is 0. The number of furan rings is 1. The number of pyridine rings is 1. The Kier molecular flexibility index (Phi) is 12.9. The van der Waals surface area contributed by atoms with Crippen molar-refractivity contribution in [3.63, 3.8) is 0 Å². The predicted octanol–water partition coefficient (Wildman–Crippen LogP) is 17.8. The van der Waals surface area contributed by atoms with Crippen LogP contribution < -0.4 is 5.19 Å². The molecule has 11 aromatic rings. The number of hydrogen-bond acceptors (Lipinski definition) is 3. The summed E-state index contributed by atoms with van der Waals surface area (Å²) in [7, 11) is -1.34. The fourth-order valence-electron chi connectivity index (χ4n) is 11.7. The summed E-state index contributed by atoms with van der Waals surface area (Å²) >= 11 is 0. The minimum Gasteiger partial charge on any atom is -0.501 e. The summed E-state index contributed by atoms with van der Waals surface area (Å²) in [6, 6.07) is 57.5. The molecule has 0 spiro atoms. The second-order valence-electron chi connectivity index (χ2n) is 22.9. The van der Waals surface area contributed by atoms with Crippen molar-refractivity contribution >= 4 is 67.8 Å². The summed E-state index contributed by atoms with van der Waals surface area (Å²) in [5.41, 5.74) is 15.6. The third-order valence-electron chi connectivity index (χ3n) is 15.1. The molecule has 0 bridgehead atoms. The maximum Gasteiger partial charge on any atom is 0.121 e. The van der Waals surface area contributed by atoms with E-state index in [-0.39, 0.29) is 48.6 Å². The van der Waals surface area contributed by atoms with Gasteiger partial charge >= 0.3 is 0 Å². The molecule has 0 unspecified atom stereocenters. The van der Waals surface area contributed by atoms with Gasteiger partial charge in [0.1, 0.15) is 5.58 Å². The normalized spacial score (nSPS) is 14.1. The van der Waals surface area contributed by atoms with E-state index in [0.717, 1.165) is 62.0 Å². The second-order valence-corrected chi connectivity index (χ2v) is 28.0. The van der Waals surface area contributed by atoms with Gasteiger partial charge in [0.2, 0.25) is 0 Å². The zero-order chi connectivity index (χ0) is 50.4. The van der Waals surface area contributed by atoms with E-state index in [0.29, 0.717) is 0 Å². The van der Waals surface area contributed by atoms with Gasteiger partial charge in [-0.2, -0.15) is 0 Å². The molecule has 73 heavy (non-hydrogen) atoms. The van der Waals surface area contributed by atoms with Crippen molar-refractivity contribution in [2.45, 2.75) is 104 Å². The van der Waals surface area contributed by atoms with Crippen LogP contribution in [0.3, 0.4) is 0 Å². The molecule has 0 atom stereocenters. The largest absolute Gasteiger partial charge is 0.501 e. The van der Waals surface area contributed by atoms with Gasteiger partial charge < -0.3 is 14.0 Å². The van der Waals surface area contributed by atoms with Gasteiger partial charge in [-0.25, -0.2) is 0 Å². The first-order valence-corrected chi connectivity index (χ1v) is 29.0. The molecule has 1 aliphatic carbocycles. The summed E-state index contributed by atoms with van der Waals surface area (Å²) < 4.78 is 22.2. The second kappa shape index (κ2) is 18.8. The van der Waals surface area contributed by atoms with Gasteiger partial charge in [0.05, 0.1) is 30.5 Å². The molecule has 0 N–H and O–H groups in total. The molecule has 12 rings (SSSR count). The maximum atomic E-state index is 12.8. The van der Waals surface area contributed by atoms with E-state index in [1.807, 2.05) is 12.3 Å². The molecular formula is C66H62FIrN3OSi-2. The molecular weight excluding hydrogens is 1090 g/mol. The number of halogens is 1. The topological polar surface area (TPSA) is 43.9 Å². The molecule has 0 saturated carbocycles. The zero-order valence-electron chi connectivity index (χ0n) is 43.8.